The van der Waals surface area contributed by atoms with Gasteiger partial charge in [0, 0.05) is 36.3 Å². The number of carbonyl (C=O) groups excluding carboxylic acids is 1. The molecule has 0 saturated carbocycles. The number of aromatic nitrogens is 1. The molecule has 0 aromatic carbocycles. The predicted octanol–water partition coefficient (Wildman–Crippen LogP) is 1.85. The summed E-state index contributed by atoms with van der Waals surface area (Å²) in [4.78, 5) is 17.6. The average Bonchev–Trinajstić information content (AvgIpc) is 3.01. The fourth-order valence-electron chi connectivity index (χ4n) is 3.43. The van der Waals surface area contributed by atoms with Gasteiger partial charge in [0.1, 0.15) is 5.69 Å². The van der Waals surface area contributed by atoms with Gasteiger partial charge < -0.3 is 15.2 Å². The predicted molar refractivity (Wildman–Crippen MR) is 73.5 cm³/mol. The van der Waals surface area contributed by atoms with Crippen LogP contribution in [0.4, 0.5) is 0 Å². The van der Waals surface area contributed by atoms with E-state index in [-0.39, 0.29) is 5.91 Å². The summed E-state index contributed by atoms with van der Waals surface area (Å²) in [6, 6.07) is 2.25. The third kappa shape index (κ3) is 1.89. The van der Waals surface area contributed by atoms with Crippen LogP contribution in [0.2, 0.25) is 0 Å². The molecule has 1 amide bonds. The van der Waals surface area contributed by atoms with Gasteiger partial charge in [0.25, 0.3) is 5.91 Å². The van der Waals surface area contributed by atoms with E-state index in [1.165, 1.54) is 0 Å². The van der Waals surface area contributed by atoms with Crippen LogP contribution in [0, 0.1) is 11.8 Å². The van der Waals surface area contributed by atoms with Crippen molar-refractivity contribution in [3.05, 3.63) is 22.4 Å². The van der Waals surface area contributed by atoms with Crippen LogP contribution in [0.5, 0.6) is 0 Å². The summed E-state index contributed by atoms with van der Waals surface area (Å²) in [6.45, 7) is 5.18. The van der Waals surface area contributed by atoms with Crippen molar-refractivity contribution in [1.82, 2.24) is 15.2 Å². The largest absolute Gasteiger partial charge is 0.356 e. The van der Waals surface area contributed by atoms with E-state index < -0.39 is 0 Å². The maximum atomic E-state index is 12.5. The first-order valence-corrected chi connectivity index (χ1v) is 7.35. The van der Waals surface area contributed by atoms with Gasteiger partial charge in [0.2, 0.25) is 0 Å². The maximum absolute atomic E-state index is 12.5. The molecule has 4 nitrogen and oxygen atoms in total. The number of nitrogens with zero attached hydrogens (tertiary/aromatic N) is 1. The first-order valence-electron chi connectivity index (χ1n) is 6.56. The number of fused-ring (bicyclic) bond motifs is 1. The molecule has 0 spiro atoms. The quantitative estimate of drug-likeness (QED) is 0.875. The van der Waals surface area contributed by atoms with Gasteiger partial charge in [-0.1, -0.05) is 6.92 Å². The van der Waals surface area contributed by atoms with Gasteiger partial charge in [-0.25, -0.2) is 0 Å². The molecule has 18 heavy (non-hydrogen) atoms. The molecule has 5 heteroatoms. The zero-order valence-corrected chi connectivity index (χ0v) is 12.0. The number of halogens is 1. The third-order valence-electron chi connectivity index (χ3n) is 4.28. The summed E-state index contributed by atoms with van der Waals surface area (Å²) >= 11 is 3.38. The van der Waals surface area contributed by atoms with Crippen LogP contribution in [0.3, 0.4) is 0 Å². The highest BCUT2D eigenvalue weighted by Crippen LogP contribution is 2.35. The Hall–Kier alpha value is -0.810. The SMILES string of the molecule is CCC1C2CNCC2CN1C(=O)c1cc(Br)c[nH]1. The average molecular weight is 312 g/mol. The first-order chi connectivity index (χ1) is 8.70. The summed E-state index contributed by atoms with van der Waals surface area (Å²) in [5, 5.41) is 3.44. The van der Waals surface area contributed by atoms with Gasteiger partial charge in [-0.05, 0) is 40.3 Å². The second-order valence-electron chi connectivity index (χ2n) is 5.25. The number of nitrogens with one attached hydrogen (secondary N) is 2. The number of hydrogen-bond acceptors (Lipinski definition) is 2. The van der Waals surface area contributed by atoms with E-state index >= 15 is 0 Å². The molecule has 3 heterocycles. The lowest BCUT2D eigenvalue weighted by atomic mass is 9.93. The van der Waals surface area contributed by atoms with E-state index in [0.29, 0.717) is 23.6 Å². The smallest absolute Gasteiger partial charge is 0.270 e. The number of rotatable bonds is 2. The van der Waals surface area contributed by atoms with Crippen molar-refractivity contribution < 1.29 is 4.79 Å². The first kappa shape index (κ1) is 12.2. The number of carbonyl (C=O) groups is 1. The summed E-state index contributed by atoms with van der Waals surface area (Å²) < 4.78 is 0.931. The molecule has 2 N–H and O–H groups in total. The normalized spacial score (nSPS) is 30.8. The van der Waals surface area contributed by atoms with Crippen LogP contribution in [-0.2, 0) is 0 Å². The molecule has 3 rings (SSSR count). The molecule has 2 saturated heterocycles. The Morgan fingerprint density at radius 2 is 2.39 bits per heavy atom. The summed E-state index contributed by atoms with van der Waals surface area (Å²) in [5.41, 5.74) is 0.688. The van der Waals surface area contributed by atoms with Gasteiger partial charge in [0.05, 0.1) is 0 Å². The van der Waals surface area contributed by atoms with Crippen molar-refractivity contribution in [2.75, 3.05) is 19.6 Å². The van der Waals surface area contributed by atoms with Gasteiger partial charge in [0.15, 0.2) is 0 Å². The molecular formula is C13H18BrN3O. The standard InChI is InChI=1S/C13H18BrN3O/c1-2-12-10-6-15-4-8(10)7-17(12)13(18)11-3-9(14)5-16-11/h3,5,8,10,12,15-16H,2,4,6-7H2,1H3. The molecule has 0 aliphatic carbocycles. The molecule has 3 unspecified atom stereocenters. The maximum Gasteiger partial charge on any atom is 0.270 e. The fourth-order valence-corrected chi connectivity index (χ4v) is 3.77. The number of amides is 1. The Morgan fingerprint density at radius 3 is 3.06 bits per heavy atom. The third-order valence-corrected chi connectivity index (χ3v) is 4.73. The monoisotopic (exact) mass is 311 g/mol. The van der Waals surface area contributed by atoms with Crippen LogP contribution in [0.15, 0.2) is 16.7 Å². The van der Waals surface area contributed by atoms with Crippen molar-refractivity contribution in [1.29, 1.82) is 0 Å². The van der Waals surface area contributed by atoms with Crippen molar-refractivity contribution in [3.63, 3.8) is 0 Å². The fraction of sp³-hybridized carbons (Fsp3) is 0.615. The van der Waals surface area contributed by atoms with Crippen LogP contribution in [0.25, 0.3) is 0 Å². The molecule has 2 aliphatic heterocycles. The lowest BCUT2D eigenvalue weighted by molar-refractivity contribution is 0.0706. The Kier molecular flexibility index (Phi) is 3.20. The van der Waals surface area contributed by atoms with Gasteiger partial charge in [-0.15, -0.1) is 0 Å². The van der Waals surface area contributed by atoms with Crippen molar-refractivity contribution >= 4 is 21.8 Å². The van der Waals surface area contributed by atoms with Gasteiger partial charge in [-0.3, -0.25) is 4.79 Å². The second-order valence-corrected chi connectivity index (χ2v) is 6.16. The van der Waals surface area contributed by atoms with Crippen LogP contribution in [-0.4, -0.2) is 41.5 Å². The Bertz CT molecular complexity index is 459. The minimum Gasteiger partial charge on any atom is -0.356 e. The summed E-state index contributed by atoms with van der Waals surface area (Å²) in [7, 11) is 0. The molecular weight excluding hydrogens is 294 g/mol. The lowest BCUT2D eigenvalue weighted by Crippen LogP contribution is -2.39. The molecule has 1 aromatic rings. The Balaban J connectivity index is 1.81. The summed E-state index contributed by atoms with van der Waals surface area (Å²) in [6.07, 6.45) is 2.85. The van der Waals surface area contributed by atoms with Crippen molar-refractivity contribution in [2.24, 2.45) is 11.8 Å². The van der Waals surface area contributed by atoms with E-state index in [2.05, 4.69) is 38.1 Å². The topological polar surface area (TPSA) is 48.1 Å². The molecule has 98 valence electrons. The molecule has 0 radical (unpaired) electrons. The molecule has 2 aliphatic rings. The van der Waals surface area contributed by atoms with E-state index in [1.807, 2.05) is 12.3 Å². The van der Waals surface area contributed by atoms with Crippen LogP contribution >= 0.6 is 15.9 Å². The molecule has 3 atom stereocenters. The van der Waals surface area contributed by atoms with Gasteiger partial charge in [-0.2, -0.15) is 0 Å². The number of likely N-dealkylation sites (tertiary alicyclic amines) is 1. The van der Waals surface area contributed by atoms with Crippen LogP contribution in [0.1, 0.15) is 23.8 Å². The van der Waals surface area contributed by atoms with Crippen molar-refractivity contribution in [3.8, 4) is 0 Å². The Labute approximate surface area is 115 Å². The molecule has 1 aromatic heterocycles. The van der Waals surface area contributed by atoms with Gasteiger partial charge >= 0.3 is 0 Å². The number of H-pyrrole nitrogens is 1. The highest BCUT2D eigenvalue weighted by Gasteiger charge is 2.45. The van der Waals surface area contributed by atoms with E-state index in [1.54, 1.807) is 0 Å². The molecule has 2 fully saturated rings. The minimum absolute atomic E-state index is 0.141. The van der Waals surface area contributed by atoms with Crippen molar-refractivity contribution in [2.45, 2.75) is 19.4 Å². The summed E-state index contributed by atoms with van der Waals surface area (Å²) in [5.74, 6) is 1.41. The van der Waals surface area contributed by atoms with Crippen LogP contribution < -0.4 is 5.32 Å². The minimum atomic E-state index is 0.141. The second kappa shape index (κ2) is 4.70. The van der Waals surface area contributed by atoms with E-state index in [9.17, 15) is 4.79 Å². The Morgan fingerprint density at radius 1 is 1.56 bits per heavy atom. The number of hydrogen-bond donors (Lipinski definition) is 2. The van der Waals surface area contributed by atoms with E-state index in [4.69, 9.17) is 0 Å². The zero-order chi connectivity index (χ0) is 12.7. The van der Waals surface area contributed by atoms with E-state index in [0.717, 1.165) is 30.5 Å². The zero-order valence-electron chi connectivity index (χ0n) is 10.4. The number of aromatic amines is 1. The highest BCUT2D eigenvalue weighted by molar-refractivity contribution is 9.10. The molecule has 0 bridgehead atoms. The lowest BCUT2D eigenvalue weighted by Gasteiger charge is -2.26. The highest BCUT2D eigenvalue weighted by atomic mass is 79.9.